The number of oxime groups is 1. The van der Waals surface area contributed by atoms with Gasteiger partial charge in [-0.15, -0.1) is 0 Å². The Morgan fingerprint density at radius 1 is 1.11 bits per heavy atom. The van der Waals surface area contributed by atoms with Crippen LogP contribution in [-0.2, 0) is 25.6 Å². The van der Waals surface area contributed by atoms with E-state index in [1.165, 1.54) is 26.5 Å². The molecule has 1 amide bonds. The summed E-state index contributed by atoms with van der Waals surface area (Å²) in [5.74, 6) is -5.07. The van der Waals surface area contributed by atoms with Gasteiger partial charge in [-0.05, 0) is 59.6 Å². The minimum absolute atomic E-state index is 0.0681. The Morgan fingerprint density at radius 2 is 1.87 bits per heavy atom. The summed E-state index contributed by atoms with van der Waals surface area (Å²) in [6.07, 6.45) is 2.03. The number of methoxy groups -OCH3 is 1. The quantitative estimate of drug-likeness (QED) is 0.266. The second-order valence-corrected chi connectivity index (χ2v) is 9.61. The number of allylic oxidation sites excluding steroid dienone is 2. The van der Waals surface area contributed by atoms with Gasteiger partial charge in [0.25, 0.3) is 5.91 Å². The van der Waals surface area contributed by atoms with Gasteiger partial charge in [-0.3, -0.25) is 14.4 Å². The Kier molecular flexibility index (Phi) is 6.18. The lowest BCUT2D eigenvalue weighted by Gasteiger charge is -2.41. The van der Waals surface area contributed by atoms with E-state index < -0.39 is 46.6 Å². The van der Waals surface area contributed by atoms with Crippen molar-refractivity contribution in [3.63, 3.8) is 0 Å². The number of hydrogen-bond acceptors (Lipinski definition) is 9. The molecule has 196 valence electrons. The van der Waals surface area contributed by atoms with E-state index in [4.69, 9.17) is 15.3 Å². The van der Waals surface area contributed by atoms with E-state index in [1.807, 2.05) is 12.1 Å². The van der Waals surface area contributed by atoms with Crippen molar-refractivity contribution in [2.75, 3.05) is 14.2 Å². The molecule has 0 aliphatic heterocycles. The molecule has 0 spiro atoms. The molecule has 3 aliphatic rings. The number of rotatable bonds is 5. The van der Waals surface area contributed by atoms with Gasteiger partial charge in [0.05, 0.1) is 24.8 Å². The lowest BCUT2D eigenvalue weighted by Crippen LogP contribution is -2.44. The molecule has 0 heterocycles. The zero-order valence-corrected chi connectivity index (χ0v) is 20.7. The summed E-state index contributed by atoms with van der Waals surface area (Å²) in [6.45, 7) is 0. The number of benzene rings is 2. The van der Waals surface area contributed by atoms with E-state index in [-0.39, 0.29) is 29.1 Å². The number of aliphatic hydroxyl groups excluding tert-OH is 2. The van der Waals surface area contributed by atoms with E-state index in [0.717, 1.165) is 11.1 Å². The summed E-state index contributed by atoms with van der Waals surface area (Å²) in [4.78, 5) is 42.7. The van der Waals surface area contributed by atoms with Crippen LogP contribution in [0.5, 0.6) is 11.5 Å². The third-order valence-corrected chi connectivity index (χ3v) is 7.61. The molecular formula is C28H26N2O8. The van der Waals surface area contributed by atoms with E-state index in [9.17, 15) is 29.7 Å². The molecule has 2 aromatic carbocycles. The number of amides is 1. The van der Waals surface area contributed by atoms with Crippen molar-refractivity contribution in [1.29, 1.82) is 0 Å². The summed E-state index contributed by atoms with van der Waals surface area (Å²) in [7, 11) is 2.96. The molecule has 3 unspecified atom stereocenters. The van der Waals surface area contributed by atoms with Gasteiger partial charge in [0, 0.05) is 17.6 Å². The zero-order chi connectivity index (χ0) is 27.3. The van der Waals surface area contributed by atoms with Crippen molar-refractivity contribution >= 4 is 29.4 Å². The number of aliphatic hydroxyl groups is 2. The fourth-order valence-corrected chi connectivity index (χ4v) is 6.02. The number of nitrogens with two attached hydrogens (primary N) is 1. The largest absolute Gasteiger partial charge is 0.511 e. The highest BCUT2D eigenvalue weighted by atomic mass is 16.6. The maximum Gasteiger partial charge on any atom is 0.255 e. The lowest BCUT2D eigenvalue weighted by atomic mass is 9.61. The maximum atomic E-state index is 13.6. The van der Waals surface area contributed by atoms with E-state index in [1.54, 1.807) is 12.1 Å². The molecule has 38 heavy (non-hydrogen) atoms. The normalized spacial score (nSPS) is 22.7. The topological polar surface area (TPSA) is 169 Å². The molecule has 1 fully saturated rings. The van der Waals surface area contributed by atoms with Crippen LogP contribution in [0.1, 0.15) is 29.5 Å². The Balaban J connectivity index is 1.65. The number of carbonyl (C=O) groups excluding carboxylic acids is 3. The molecule has 3 aliphatic carbocycles. The van der Waals surface area contributed by atoms with E-state index >= 15 is 0 Å². The first-order chi connectivity index (χ1) is 18.2. The van der Waals surface area contributed by atoms with Crippen molar-refractivity contribution in [3.8, 4) is 22.6 Å². The molecule has 0 radical (unpaired) electrons. The van der Waals surface area contributed by atoms with Crippen LogP contribution in [-0.4, -0.2) is 53.2 Å². The van der Waals surface area contributed by atoms with Crippen LogP contribution >= 0.6 is 0 Å². The average molecular weight is 519 g/mol. The monoisotopic (exact) mass is 518 g/mol. The van der Waals surface area contributed by atoms with Crippen LogP contribution in [0.3, 0.4) is 0 Å². The first-order valence-corrected chi connectivity index (χ1v) is 12.0. The molecule has 10 nitrogen and oxygen atoms in total. The molecule has 5 rings (SSSR count). The Morgan fingerprint density at radius 3 is 2.55 bits per heavy atom. The van der Waals surface area contributed by atoms with Gasteiger partial charge in [0.2, 0.25) is 0 Å². The van der Waals surface area contributed by atoms with Gasteiger partial charge in [0.1, 0.15) is 35.7 Å². The van der Waals surface area contributed by atoms with Crippen molar-refractivity contribution < 1.29 is 39.3 Å². The number of hydrogen-bond donors (Lipinski definition) is 4. The summed E-state index contributed by atoms with van der Waals surface area (Å²) < 4.78 is 5.40. The number of aromatic hydroxyl groups is 1. The first-order valence-electron chi connectivity index (χ1n) is 12.0. The van der Waals surface area contributed by atoms with Gasteiger partial charge in [-0.25, -0.2) is 0 Å². The van der Waals surface area contributed by atoms with Gasteiger partial charge >= 0.3 is 0 Å². The van der Waals surface area contributed by atoms with Crippen molar-refractivity contribution in [2.45, 2.75) is 19.3 Å². The zero-order valence-electron chi connectivity index (χ0n) is 20.7. The van der Waals surface area contributed by atoms with Crippen LogP contribution in [0.15, 0.2) is 52.4 Å². The number of phenolic OH excluding ortho intramolecular Hbond substituents is 1. The van der Waals surface area contributed by atoms with Gasteiger partial charge in [0.15, 0.2) is 11.6 Å². The van der Waals surface area contributed by atoms with Crippen molar-refractivity contribution in [2.24, 2.45) is 28.6 Å². The smallest absolute Gasteiger partial charge is 0.255 e. The molecule has 0 bridgehead atoms. The molecule has 10 heteroatoms. The predicted octanol–water partition coefficient (Wildman–Crippen LogP) is 2.96. The van der Waals surface area contributed by atoms with Gasteiger partial charge in [-0.1, -0.05) is 17.3 Å². The first kappa shape index (κ1) is 25.1. The number of ether oxygens (including phenoxy) is 1. The third kappa shape index (κ3) is 3.80. The molecule has 0 aromatic heterocycles. The second kappa shape index (κ2) is 9.37. The maximum absolute atomic E-state index is 13.6. The summed E-state index contributed by atoms with van der Waals surface area (Å²) >= 11 is 0. The molecule has 5 N–H and O–H groups in total. The van der Waals surface area contributed by atoms with Crippen LogP contribution in [0.2, 0.25) is 0 Å². The number of Topliss-reactive ketones (excluding diaryl/α,β-unsaturated/α-hetero) is 2. The molecule has 3 atom stereocenters. The fourth-order valence-electron chi connectivity index (χ4n) is 6.02. The highest BCUT2D eigenvalue weighted by Gasteiger charge is 2.51. The Hall–Kier alpha value is -4.60. The molecule has 2 aromatic rings. The Labute approximate surface area is 217 Å². The minimum Gasteiger partial charge on any atom is -0.511 e. The standard InChI is InChI=1S/C28H26N2O8/c1-37-20-6-3-12(7-15(20)11-30-38-2)16-4-5-18(31)23-17(16)9-13-8-14-10-19(32)24(28(29)36)27(35)22(14)25(33)21(13)26(23)34/h3-7,11,13-14,22,31,34-35H,8-10H2,1-2H3,(H2,29,36)/b30-11+. The van der Waals surface area contributed by atoms with Crippen molar-refractivity contribution in [3.05, 3.63) is 63.9 Å². The van der Waals surface area contributed by atoms with Crippen LogP contribution < -0.4 is 10.5 Å². The summed E-state index contributed by atoms with van der Waals surface area (Å²) in [6, 6.07) is 8.61. The minimum atomic E-state index is -1.15. The van der Waals surface area contributed by atoms with Crippen LogP contribution in [0, 0.1) is 17.8 Å². The number of fused-ring (bicyclic) bond motifs is 3. The third-order valence-electron chi connectivity index (χ3n) is 7.61. The summed E-state index contributed by atoms with van der Waals surface area (Å²) in [5, 5.41) is 36.6. The highest BCUT2D eigenvalue weighted by molar-refractivity contribution is 6.21. The molecular weight excluding hydrogens is 492 g/mol. The lowest BCUT2D eigenvalue weighted by molar-refractivity contribution is -0.127. The van der Waals surface area contributed by atoms with Gasteiger partial charge < -0.3 is 30.6 Å². The Bertz CT molecular complexity index is 1490. The van der Waals surface area contributed by atoms with E-state index in [2.05, 4.69) is 5.16 Å². The highest BCUT2D eigenvalue weighted by Crippen LogP contribution is 2.51. The summed E-state index contributed by atoms with van der Waals surface area (Å²) in [5.41, 5.74) is 7.69. The predicted molar refractivity (Wildman–Crippen MR) is 137 cm³/mol. The average Bonchev–Trinajstić information content (AvgIpc) is 2.86. The number of primary amides is 1. The number of ketones is 2. The molecule has 1 saturated carbocycles. The number of nitrogens with zero attached hydrogens (tertiary/aromatic N) is 1. The number of carbonyl (C=O) groups is 3. The SMILES string of the molecule is CO/N=C/c1cc(-c2ccc(O)c3c2CC2CC4CC(=O)C(C(N)=O)=C(O)C4C(=O)C2=C3O)ccc1OC. The van der Waals surface area contributed by atoms with Gasteiger partial charge in [-0.2, -0.15) is 0 Å². The van der Waals surface area contributed by atoms with Crippen molar-refractivity contribution in [1.82, 2.24) is 0 Å². The number of phenols is 1. The fraction of sp³-hybridized carbons (Fsp3) is 0.286. The van der Waals surface area contributed by atoms with Crippen LogP contribution in [0.4, 0.5) is 0 Å². The second-order valence-electron chi connectivity index (χ2n) is 9.61. The van der Waals surface area contributed by atoms with E-state index in [0.29, 0.717) is 29.7 Å². The van der Waals surface area contributed by atoms with Crippen LogP contribution in [0.25, 0.3) is 16.9 Å². The molecule has 0 saturated heterocycles.